The van der Waals surface area contributed by atoms with Crippen molar-refractivity contribution in [3.05, 3.63) is 0 Å². The Bertz CT molecular complexity index is 413. The first-order chi connectivity index (χ1) is 10.6. The van der Waals surface area contributed by atoms with Gasteiger partial charge in [0.25, 0.3) is 0 Å². The van der Waals surface area contributed by atoms with Crippen LogP contribution in [0.5, 0.6) is 0 Å². The number of carbonyl (C=O) groups is 3. The van der Waals surface area contributed by atoms with Crippen molar-refractivity contribution in [1.82, 2.24) is 15.5 Å². The molecule has 0 bridgehead atoms. The van der Waals surface area contributed by atoms with Crippen LogP contribution in [0.2, 0.25) is 0 Å². The summed E-state index contributed by atoms with van der Waals surface area (Å²) in [4.78, 5) is 37.1. The second-order valence-corrected chi connectivity index (χ2v) is 6.77. The molecule has 0 aliphatic carbocycles. The molecule has 3 amide bonds. The lowest BCUT2D eigenvalue weighted by atomic mass is 10.2. The third-order valence-electron chi connectivity index (χ3n) is 2.67. The van der Waals surface area contributed by atoms with Crippen molar-refractivity contribution < 1.29 is 19.1 Å². The number of ether oxygens (including phenoxy) is 1. The van der Waals surface area contributed by atoms with Gasteiger partial charge in [-0.3, -0.25) is 14.5 Å². The van der Waals surface area contributed by atoms with E-state index < -0.39 is 23.6 Å². The first kappa shape index (κ1) is 21.9. The zero-order valence-electron chi connectivity index (χ0n) is 14.1. The Morgan fingerprint density at radius 1 is 1.17 bits per heavy atom. The molecule has 0 heterocycles. The molecule has 0 spiro atoms. The van der Waals surface area contributed by atoms with Crippen molar-refractivity contribution in [2.24, 2.45) is 0 Å². The molecular weight excluding hydrogens is 338 g/mol. The zero-order valence-corrected chi connectivity index (χ0v) is 15.9. The number of nitrogens with zero attached hydrogens (tertiary/aromatic N) is 1. The minimum absolute atomic E-state index is 0.199. The Morgan fingerprint density at radius 3 is 2.22 bits per heavy atom. The topological polar surface area (TPSA) is 87.7 Å². The average molecular weight is 366 g/mol. The van der Waals surface area contributed by atoms with Crippen molar-refractivity contribution in [2.45, 2.75) is 38.8 Å². The molecule has 0 aliphatic rings. The maximum Gasteiger partial charge on any atom is 0.410 e. The van der Waals surface area contributed by atoms with Crippen molar-refractivity contribution in [1.29, 1.82) is 0 Å². The van der Waals surface area contributed by atoms with E-state index >= 15 is 0 Å². The van der Waals surface area contributed by atoms with Crippen LogP contribution in [0, 0.1) is 0 Å². The molecule has 0 unspecified atom stereocenters. The van der Waals surface area contributed by atoms with Gasteiger partial charge in [-0.2, -0.15) is 25.3 Å². The molecule has 0 aromatic heterocycles. The van der Waals surface area contributed by atoms with Crippen LogP contribution in [0.4, 0.5) is 4.79 Å². The number of nitrogens with one attached hydrogen (secondary N) is 2. The minimum atomic E-state index is -0.679. The molecule has 23 heavy (non-hydrogen) atoms. The minimum Gasteiger partial charge on any atom is -0.444 e. The second kappa shape index (κ2) is 10.6. The quantitative estimate of drug-likeness (QED) is 0.477. The van der Waals surface area contributed by atoms with Crippen LogP contribution in [-0.2, 0) is 14.3 Å². The molecular formula is C14H27N3O4S2. The van der Waals surface area contributed by atoms with Gasteiger partial charge in [-0.15, -0.1) is 0 Å². The normalized spacial score (nSPS) is 12.3. The van der Waals surface area contributed by atoms with Crippen LogP contribution in [0.25, 0.3) is 0 Å². The number of hydrogen-bond donors (Lipinski definition) is 4. The van der Waals surface area contributed by atoms with Gasteiger partial charge >= 0.3 is 6.09 Å². The standard InChI is InChI=1S/C14H27N3O4S2/c1-14(2,3)21-13(20)17(6-8-23)9-11(18)16-10(5-7-22)12(19)15-4/h10,22-23H,5-9H2,1-4H3,(H,15,19)(H,16,18)/t10-/m0/s1. The molecule has 0 fully saturated rings. The molecule has 7 nitrogen and oxygen atoms in total. The molecule has 0 aromatic carbocycles. The first-order valence-corrected chi connectivity index (χ1v) is 8.61. The summed E-state index contributed by atoms with van der Waals surface area (Å²) < 4.78 is 5.26. The molecule has 0 radical (unpaired) electrons. The molecule has 0 aromatic rings. The van der Waals surface area contributed by atoms with Crippen LogP contribution in [0.15, 0.2) is 0 Å². The Morgan fingerprint density at radius 2 is 1.78 bits per heavy atom. The number of likely N-dealkylation sites (N-methyl/N-ethyl adjacent to an activating group) is 1. The van der Waals surface area contributed by atoms with Crippen molar-refractivity contribution >= 4 is 43.2 Å². The molecule has 1 atom stereocenters. The Kier molecular flexibility index (Phi) is 10.1. The largest absolute Gasteiger partial charge is 0.444 e. The molecule has 0 saturated heterocycles. The SMILES string of the molecule is CNC(=O)[C@H](CCS)NC(=O)CN(CCS)C(=O)OC(C)(C)C. The highest BCUT2D eigenvalue weighted by Crippen LogP contribution is 2.10. The van der Waals surface area contributed by atoms with Gasteiger partial charge in [0.05, 0.1) is 0 Å². The van der Waals surface area contributed by atoms with Crippen molar-refractivity contribution in [3.8, 4) is 0 Å². The molecule has 0 rings (SSSR count). The highest BCUT2D eigenvalue weighted by Gasteiger charge is 2.25. The summed E-state index contributed by atoms with van der Waals surface area (Å²) in [6.07, 6.45) is -0.194. The summed E-state index contributed by atoms with van der Waals surface area (Å²) in [6.45, 7) is 5.31. The molecule has 0 aliphatic heterocycles. The summed E-state index contributed by atoms with van der Waals surface area (Å²) in [6, 6.07) is -0.679. The van der Waals surface area contributed by atoms with Crippen LogP contribution in [-0.4, -0.2) is 66.1 Å². The Labute approximate surface area is 148 Å². The molecule has 134 valence electrons. The van der Waals surface area contributed by atoms with E-state index in [0.717, 1.165) is 0 Å². The van der Waals surface area contributed by atoms with Crippen molar-refractivity contribution in [3.63, 3.8) is 0 Å². The van der Waals surface area contributed by atoms with E-state index in [1.165, 1.54) is 11.9 Å². The molecule has 0 saturated carbocycles. The lowest BCUT2D eigenvalue weighted by Crippen LogP contribution is -2.50. The van der Waals surface area contributed by atoms with Gasteiger partial charge in [0.15, 0.2) is 0 Å². The fraction of sp³-hybridized carbons (Fsp3) is 0.786. The van der Waals surface area contributed by atoms with Gasteiger partial charge in [0, 0.05) is 19.3 Å². The summed E-state index contributed by atoms with van der Waals surface area (Å²) in [5.41, 5.74) is -0.654. The van der Waals surface area contributed by atoms with Gasteiger partial charge in [-0.05, 0) is 32.9 Å². The lowest BCUT2D eigenvalue weighted by Gasteiger charge is -2.27. The zero-order chi connectivity index (χ0) is 18.0. The summed E-state index contributed by atoms with van der Waals surface area (Å²) >= 11 is 8.16. The Hall–Kier alpha value is -1.09. The number of rotatable bonds is 8. The van der Waals surface area contributed by atoms with Crippen molar-refractivity contribution in [2.75, 3.05) is 31.6 Å². The maximum absolute atomic E-state index is 12.1. The number of carbonyl (C=O) groups excluding carboxylic acids is 3. The van der Waals surface area contributed by atoms with Crippen LogP contribution in [0.3, 0.4) is 0 Å². The predicted octanol–water partition coefficient (Wildman–Crippen LogP) is 0.704. The third-order valence-corrected chi connectivity index (χ3v) is 3.13. The fourth-order valence-electron chi connectivity index (χ4n) is 1.67. The lowest BCUT2D eigenvalue weighted by molar-refractivity contribution is -0.129. The van der Waals surface area contributed by atoms with E-state index in [4.69, 9.17) is 4.74 Å². The van der Waals surface area contributed by atoms with E-state index in [2.05, 4.69) is 35.9 Å². The third kappa shape index (κ3) is 9.60. The second-order valence-electron chi connectivity index (χ2n) is 5.87. The van der Waals surface area contributed by atoms with Gasteiger partial charge < -0.3 is 15.4 Å². The van der Waals surface area contributed by atoms with Gasteiger partial charge in [-0.1, -0.05) is 0 Å². The fourth-order valence-corrected chi connectivity index (χ4v) is 2.17. The smallest absolute Gasteiger partial charge is 0.410 e. The maximum atomic E-state index is 12.1. The van der Waals surface area contributed by atoms with Crippen LogP contribution < -0.4 is 10.6 Å². The van der Waals surface area contributed by atoms with E-state index in [9.17, 15) is 14.4 Å². The highest BCUT2D eigenvalue weighted by atomic mass is 32.1. The van der Waals surface area contributed by atoms with Crippen LogP contribution in [0.1, 0.15) is 27.2 Å². The number of thiol groups is 2. The van der Waals surface area contributed by atoms with Gasteiger partial charge in [-0.25, -0.2) is 4.79 Å². The van der Waals surface area contributed by atoms with Gasteiger partial charge in [0.2, 0.25) is 11.8 Å². The van der Waals surface area contributed by atoms with Gasteiger partial charge in [0.1, 0.15) is 18.2 Å². The average Bonchev–Trinajstić information content (AvgIpc) is 2.43. The van der Waals surface area contributed by atoms with E-state index in [0.29, 0.717) is 17.9 Å². The van der Waals surface area contributed by atoms with E-state index in [1.807, 2.05) is 0 Å². The van der Waals surface area contributed by atoms with E-state index in [1.54, 1.807) is 20.8 Å². The summed E-state index contributed by atoms with van der Waals surface area (Å²) in [5.74, 6) is 0.103. The molecule has 9 heteroatoms. The Balaban J connectivity index is 4.76. The van der Waals surface area contributed by atoms with E-state index in [-0.39, 0.29) is 19.0 Å². The first-order valence-electron chi connectivity index (χ1n) is 7.35. The summed E-state index contributed by atoms with van der Waals surface area (Å²) in [5, 5.41) is 5.08. The summed E-state index contributed by atoms with van der Waals surface area (Å²) in [7, 11) is 1.49. The highest BCUT2D eigenvalue weighted by molar-refractivity contribution is 7.80. The monoisotopic (exact) mass is 365 g/mol. The number of amides is 3. The number of hydrogen-bond acceptors (Lipinski definition) is 6. The molecule has 2 N–H and O–H groups in total. The van der Waals surface area contributed by atoms with Crippen LogP contribution >= 0.6 is 25.3 Å². The predicted molar refractivity (Wildman–Crippen MR) is 96.1 cm³/mol.